The normalized spacial score (nSPS) is 25.8. The van der Waals surface area contributed by atoms with Gasteiger partial charge in [0.25, 0.3) is 0 Å². The zero-order chi connectivity index (χ0) is 13.0. The van der Waals surface area contributed by atoms with Gasteiger partial charge in [-0.15, -0.1) is 0 Å². The van der Waals surface area contributed by atoms with Crippen LogP contribution in [0.25, 0.3) is 0 Å². The first kappa shape index (κ1) is 13.8. The molecule has 0 aromatic carbocycles. The topological polar surface area (TPSA) is 18.5 Å². The van der Waals surface area contributed by atoms with Crippen LogP contribution in [0.5, 0.6) is 0 Å². The van der Waals surface area contributed by atoms with Crippen molar-refractivity contribution in [3.63, 3.8) is 0 Å². The lowest BCUT2D eigenvalue weighted by Gasteiger charge is -2.26. The van der Waals surface area contributed by atoms with Gasteiger partial charge in [-0.2, -0.15) is 0 Å². The molecular weight excluding hydrogens is 224 g/mol. The van der Waals surface area contributed by atoms with Gasteiger partial charge in [0.15, 0.2) is 6.29 Å². The maximum Gasteiger partial charge on any atom is 0.158 e. The minimum Gasteiger partial charge on any atom is -0.350 e. The maximum atomic E-state index is 5.49. The van der Waals surface area contributed by atoms with Crippen LogP contribution in [0.2, 0.25) is 0 Å². The number of hydrogen-bond acceptors (Lipinski definition) is 2. The van der Waals surface area contributed by atoms with Gasteiger partial charge < -0.3 is 9.47 Å². The van der Waals surface area contributed by atoms with E-state index in [1.165, 1.54) is 30.4 Å². The highest BCUT2D eigenvalue weighted by Gasteiger charge is 2.21. The molecule has 1 saturated heterocycles. The molecule has 2 nitrogen and oxygen atoms in total. The van der Waals surface area contributed by atoms with E-state index in [0.717, 1.165) is 37.9 Å². The molecule has 18 heavy (non-hydrogen) atoms. The highest BCUT2D eigenvalue weighted by atomic mass is 16.7. The third kappa shape index (κ3) is 4.25. The van der Waals surface area contributed by atoms with Gasteiger partial charge in [-0.1, -0.05) is 37.6 Å². The fraction of sp³-hybridized carbons (Fsp3) is 0.750. The molecule has 2 aliphatic rings. The van der Waals surface area contributed by atoms with Crippen LogP contribution in [0, 0.1) is 11.8 Å². The summed E-state index contributed by atoms with van der Waals surface area (Å²) in [6, 6.07) is 0. The molecule has 0 amide bonds. The van der Waals surface area contributed by atoms with Crippen molar-refractivity contribution in [2.45, 2.75) is 52.2 Å². The molecule has 0 saturated carbocycles. The number of ether oxygens (including phenoxy) is 2. The standard InChI is InChI=1S/C16H26O2/c1-12(2)8-15-10-13(3)9-14(11-15)4-5-16-17-6-7-18-16/h9,12,15-16H,3-8,10-11H2,1-2H3. The monoisotopic (exact) mass is 250 g/mol. The second-order valence-electron chi connectivity index (χ2n) is 6.07. The molecule has 1 unspecified atom stereocenters. The van der Waals surface area contributed by atoms with Crippen LogP contribution in [0.3, 0.4) is 0 Å². The Morgan fingerprint density at radius 3 is 2.67 bits per heavy atom. The minimum absolute atomic E-state index is 0.0321. The summed E-state index contributed by atoms with van der Waals surface area (Å²) in [5.41, 5.74) is 2.84. The molecule has 102 valence electrons. The van der Waals surface area contributed by atoms with Crippen molar-refractivity contribution in [2.24, 2.45) is 11.8 Å². The number of rotatable bonds is 5. The van der Waals surface area contributed by atoms with E-state index < -0.39 is 0 Å². The van der Waals surface area contributed by atoms with E-state index in [1.807, 2.05) is 0 Å². The van der Waals surface area contributed by atoms with Crippen LogP contribution in [0.4, 0.5) is 0 Å². The molecule has 1 fully saturated rings. The summed E-state index contributed by atoms with van der Waals surface area (Å²) in [4.78, 5) is 0. The van der Waals surface area contributed by atoms with Crippen molar-refractivity contribution < 1.29 is 9.47 Å². The van der Waals surface area contributed by atoms with Crippen LogP contribution >= 0.6 is 0 Å². The third-order valence-electron chi connectivity index (χ3n) is 3.71. The predicted molar refractivity (Wildman–Crippen MR) is 74.3 cm³/mol. The van der Waals surface area contributed by atoms with Crippen molar-refractivity contribution in [1.82, 2.24) is 0 Å². The zero-order valence-electron chi connectivity index (χ0n) is 11.8. The minimum atomic E-state index is 0.0321. The Bertz CT molecular complexity index is 311. The Balaban J connectivity index is 1.81. The van der Waals surface area contributed by atoms with E-state index in [9.17, 15) is 0 Å². The lowest BCUT2D eigenvalue weighted by atomic mass is 9.80. The number of allylic oxidation sites excluding steroid dienone is 3. The first-order valence-electron chi connectivity index (χ1n) is 7.24. The highest BCUT2D eigenvalue weighted by molar-refractivity contribution is 5.25. The van der Waals surface area contributed by atoms with Crippen molar-refractivity contribution in [1.29, 1.82) is 0 Å². The summed E-state index contributed by atoms with van der Waals surface area (Å²) in [6.45, 7) is 10.3. The summed E-state index contributed by atoms with van der Waals surface area (Å²) >= 11 is 0. The zero-order valence-corrected chi connectivity index (χ0v) is 11.8. The lowest BCUT2D eigenvalue weighted by molar-refractivity contribution is -0.0463. The molecule has 0 N–H and O–H groups in total. The van der Waals surface area contributed by atoms with E-state index in [2.05, 4.69) is 26.5 Å². The third-order valence-corrected chi connectivity index (χ3v) is 3.71. The van der Waals surface area contributed by atoms with E-state index >= 15 is 0 Å². The molecule has 1 atom stereocenters. The van der Waals surface area contributed by atoms with Gasteiger partial charge in [0.1, 0.15) is 0 Å². The Labute approximate surface area is 111 Å². The van der Waals surface area contributed by atoms with Gasteiger partial charge in [0, 0.05) is 6.42 Å². The molecule has 2 rings (SSSR count). The average Bonchev–Trinajstić information content (AvgIpc) is 2.77. The average molecular weight is 250 g/mol. The molecule has 0 radical (unpaired) electrons. The van der Waals surface area contributed by atoms with Crippen LogP contribution in [-0.4, -0.2) is 19.5 Å². The molecule has 0 aromatic heterocycles. The molecule has 2 heteroatoms. The Hall–Kier alpha value is -0.600. The van der Waals surface area contributed by atoms with Crippen molar-refractivity contribution in [3.05, 3.63) is 23.8 Å². The smallest absolute Gasteiger partial charge is 0.158 e. The second-order valence-corrected chi connectivity index (χ2v) is 6.07. The Kier molecular flexibility index (Phi) is 5.02. The first-order valence-corrected chi connectivity index (χ1v) is 7.24. The molecule has 1 heterocycles. The van der Waals surface area contributed by atoms with Crippen molar-refractivity contribution >= 4 is 0 Å². The summed E-state index contributed by atoms with van der Waals surface area (Å²) in [6.07, 6.45) is 8.15. The molecule has 0 spiro atoms. The quantitative estimate of drug-likeness (QED) is 0.732. The van der Waals surface area contributed by atoms with Crippen LogP contribution in [0.15, 0.2) is 23.8 Å². The molecular formula is C16H26O2. The summed E-state index contributed by atoms with van der Waals surface area (Å²) in [7, 11) is 0. The van der Waals surface area contributed by atoms with Gasteiger partial charge in [-0.3, -0.25) is 0 Å². The van der Waals surface area contributed by atoms with Gasteiger partial charge >= 0.3 is 0 Å². The van der Waals surface area contributed by atoms with Gasteiger partial charge in [0.05, 0.1) is 13.2 Å². The Morgan fingerprint density at radius 2 is 2.00 bits per heavy atom. The van der Waals surface area contributed by atoms with E-state index in [-0.39, 0.29) is 6.29 Å². The van der Waals surface area contributed by atoms with E-state index in [4.69, 9.17) is 9.47 Å². The Morgan fingerprint density at radius 1 is 1.28 bits per heavy atom. The summed E-state index contributed by atoms with van der Waals surface area (Å²) in [5, 5.41) is 0. The fourth-order valence-electron chi connectivity index (χ4n) is 3.10. The van der Waals surface area contributed by atoms with E-state index in [1.54, 1.807) is 0 Å². The van der Waals surface area contributed by atoms with Crippen molar-refractivity contribution in [2.75, 3.05) is 13.2 Å². The molecule has 1 aliphatic carbocycles. The predicted octanol–water partition coefficient (Wildman–Crippen LogP) is 4.08. The van der Waals surface area contributed by atoms with Crippen molar-refractivity contribution in [3.8, 4) is 0 Å². The van der Waals surface area contributed by atoms with Crippen LogP contribution < -0.4 is 0 Å². The highest BCUT2D eigenvalue weighted by Crippen LogP contribution is 2.33. The molecule has 1 aliphatic heterocycles. The van der Waals surface area contributed by atoms with Crippen LogP contribution in [0.1, 0.15) is 46.0 Å². The lowest BCUT2D eigenvalue weighted by Crippen LogP contribution is -2.13. The summed E-state index contributed by atoms with van der Waals surface area (Å²) in [5.74, 6) is 1.58. The van der Waals surface area contributed by atoms with Crippen LogP contribution in [-0.2, 0) is 9.47 Å². The molecule has 0 aromatic rings. The van der Waals surface area contributed by atoms with Gasteiger partial charge in [0.2, 0.25) is 0 Å². The number of hydrogen-bond donors (Lipinski definition) is 0. The SMILES string of the molecule is C=C1C=C(CCC2OCCO2)CC(CC(C)C)C1. The largest absolute Gasteiger partial charge is 0.350 e. The summed E-state index contributed by atoms with van der Waals surface area (Å²) < 4.78 is 11.0. The van der Waals surface area contributed by atoms with Gasteiger partial charge in [-0.05, 0) is 37.5 Å². The maximum absolute atomic E-state index is 5.49. The molecule has 0 bridgehead atoms. The fourth-order valence-corrected chi connectivity index (χ4v) is 3.10. The van der Waals surface area contributed by atoms with E-state index in [0.29, 0.717) is 0 Å². The van der Waals surface area contributed by atoms with Gasteiger partial charge in [-0.25, -0.2) is 0 Å². The second kappa shape index (κ2) is 6.53. The first-order chi connectivity index (χ1) is 8.63.